The summed E-state index contributed by atoms with van der Waals surface area (Å²) in [7, 11) is 0. The zero-order chi connectivity index (χ0) is 47.5. The molecule has 0 saturated heterocycles. The molecule has 340 valence electrons. The van der Waals surface area contributed by atoms with E-state index in [2.05, 4.69) is 232 Å². The highest BCUT2D eigenvalue weighted by molar-refractivity contribution is 6.98. The Hall–Kier alpha value is -4.82. The predicted molar refractivity (Wildman–Crippen MR) is 287 cm³/mol. The second-order valence-corrected chi connectivity index (χ2v) is 26.9. The van der Waals surface area contributed by atoms with E-state index in [1.165, 1.54) is 95.5 Å². The SMILES string of the molecule is CC(C)(C)c1ccc(N2c3cc(C(C)(C)C)ccc3B3c4cc5c(cc4C(c4ccc6c(c4)C(C)(C)CC6(C)C)Cc4cc(C(C)(C)C)cc2c43)C(C)(C)CC5(C)C)c(-c2ccccc2)c1. The van der Waals surface area contributed by atoms with Gasteiger partial charge in [0.15, 0.2) is 0 Å². The molecule has 0 fully saturated rings. The minimum Gasteiger partial charge on any atom is -0.311 e. The van der Waals surface area contributed by atoms with E-state index in [4.69, 9.17) is 0 Å². The van der Waals surface area contributed by atoms with Crippen molar-refractivity contribution in [1.29, 1.82) is 0 Å². The van der Waals surface area contributed by atoms with Crippen LogP contribution in [-0.4, -0.2) is 6.71 Å². The third-order valence-corrected chi connectivity index (χ3v) is 16.7. The van der Waals surface area contributed by atoms with E-state index < -0.39 is 0 Å². The number of benzene rings is 6. The maximum atomic E-state index is 2.73. The van der Waals surface area contributed by atoms with Gasteiger partial charge in [-0.3, -0.25) is 0 Å². The first-order valence-electron chi connectivity index (χ1n) is 25.2. The summed E-state index contributed by atoms with van der Waals surface area (Å²) in [5.41, 5.74) is 25.9. The molecule has 6 aromatic carbocycles. The maximum absolute atomic E-state index is 2.73. The molecule has 0 bridgehead atoms. The summed E-state index contributed by atoms with van der Waals surface area (Å²) in [6.07, 6.45) is 3.28. The Morgan fingerprint density at radius 3 is 1.64 bits per heavy atom. The molecule has 0 spiro atoms. The molecule has 0 amide bonds. The third kappa shape index (κ3) is 7.08. The van der Waals surface area contributed by atoms with Crippen LogP contribution in [0, 0.1) is 0 Å². The van der Waals surface area contributed by atoms with Crippen LogP contribution in [0.4, 0.5) is 17.1 Å². The molecule has 0 radical (unpaired) electrons. The lowest BCUT2D eigenvalue weighted by molar-refractivity contribution is 0.403. The molecule has 0 N–H and O–H groups in total. The number of fused-ring (bicyclic) bond motifs is 6. The van der Waals surface area contributed by atoms with Gasteiger partial charge in [-0.25, -0.2) is 0 Å². The fourth-order valence-corrected chi connectivity index (χ4v) is 13.6. The summed E-state index contributed by atoms with van der Waals surface area (Å²) in [4.78, 5) is 2.71. The molecule has 2 aliphatic carbocycles. The monoisotopic (exact) mass is 870 g/mol. The minimum absolute atomic E-state index is 0.000549. The van der Waals surface area contributed by atoms with Crippen molar-refractivity contribution in [2.75, 3.05) is 4.90 Å². The minimum atomic E-state index is -0.0639. The Labute approximate surface area is 399 Å². The standard InChI is InChI=1S/C64H76BN/c1-58(2,3)42-25-28-54(46(32-42)39-21-19-18-20-22-39)66-55-33-43(59(4,5)6)24-27-52(55)65-53-36-51-50(63(14,15)38-64(51,16)17)35-47(53)45(30-41-29-44(60(7,8)9)34-56(66)57(41)65)40-23-26-48-49(31-40)62(12,13)37-61(48,10)11/h18-29,31-36,45H,30,37-38H2,1-17H3. The molecule has 10 rings (SSSR count). The molecule has 0 saturated carbocycles. The fourth-order valence-electron chi connectivity index (χ4n) is 13.6. The third-order valence-electron chi connectivity index (χ3n) is 16.7. The lowest BCUT2D eigenvalue weighted by atomic mass is 9.34. The molecule has 1 nitrogen and oxygen atoms in total. The molecule has 4 aliphatic rings. The number of anilines is 3. The van der Waals surface area contributed by atoms with E-state index in [0.29, 0.717) is 0 Å². The van der Waals surface area contributed by atoms with E-state index in [9.17, 15) is 0 Å². The average Bonchev–Trinajstić information content (AvgIpc) is 3.44. The summed E-state index contributed by atoms with van der Waals surface area (Å²) in [5, 5.41) is 0. The van der Waals surface area contributed by atoms with Crippen LogP contribution in [0.25, 0.3) is 11.1 Å². The van der Waals surface area contributed by atoms with E-state index in [1.807, 2.05) is 0 Å². The van der Waals surface area contributed by atoms with Crippen LogP contribution < -0.4 is 21.3 Å². The van der Waals surface area contributed by atoms with Crippen molar-refractivity contribution < 1.29 is 0 Å². The van der Waals surface area contributed by atoms with Crippen molar-refractivity contribution in [2.45, 2.75) is 181 Å². The molecule has 0 aromatic heterocycles. The summed E-state index contributed by atoms with van der Waals surface area (Å²) in [6, 6.07) is 44.5. The van der Waals surface area contributed by atoms with Gasteiger partial charge in [0.1, 0.15) is 0 Å². The predicted octanol–water partition coefficient (Wildman–Crippen LogP) is 15.2. The molecular weight excluding hydrogens is 794 g/mol. The van der Waals surface area contributed by atoms with Crippen molar-refractivity contribution in [2.24, 2.45) is 0 Å². The largest absolute Gasteiger partial charge is 0.311 e. The average molecular weight is 870 g/mol. The Morgan fingerprint density at radius 2 is 1.02 bits per heavy atom. The molecule has 1 atom stereocenters. The highest BCUT2D eigenvalue weighted by atomic mass is 15.2. The Morgan fingerprint density at radius 1 is 0.470 bits per heavy atom. The highest BCUT2D eigenvalue weighted by Gasteiger charge is 2.48. The van der Waals surface area contributed by atoms with Crippen LogP contribution >= 0.6 is 0 Å². The van der Waals surface area contributed by atoms with Gasteiger partial charge < -0.3 is 4.90 Å². The van der Waals surface area contributed by atoms with Crippen molar-refractivity contribution in [1.82, 2.24) is 0 Å². The van der Waals surface area contributed by atoms with Crippen LogP contribution in [0.1, 0.15) is 192 Å². The first-order valence-corrected chi connectivity index (χ1v) is 25.2. The van der Waals surface area contributed by atoms with Crippen LogP contribution in [0.5, 0.6) is 0 Å². The van der Waals surface area contributed by atoms with E-state index in [0.717, 1.165) is 12.8 Å². The fraction of sp³-hybridized carbons (Fsp3) is 0.438. The maximum Gasteiger partial charge on any atom is 0.247 e. The summed E-state index contributed by atoms with van der Waals surface area (Å²) >= 11 is 0. The number of rotatable bonds is 3. The summed E-state index contributed by atoms with van der Waals surface area (Å²) in [6.45, 7) is 41.3. The van der Waals surface area contributed by atoms with Gasteiger partial charge in [0.05, 0.1) is 5.69 Å². The van der Waals surface area contributed by atoms with Gasteiger partial charge >= 0.3 is 0 Å². The van der Waals surface area contributed by atoms with Crippen LogP contribution in [-0.2, 0) is 44.3 Å². The number of hydrogen-bond donors (Lipinski definition) is 0. The van der Waals surface area contributed by atoms with Gasteiger partial charge in [-0.15, -0.1) is 0 Å². The second-order valence-electron chi connectivity index (χ2n) is 26.9. The first-order chi connectivity index (χ1) is 30.6. The summed E-state index contributed by atoms with van der Waals surface area (Å²) in [5.74, 6) is 0.205. The Balaban J connectivity index is 1.35. The Bertz CT molecular complexity index is 2950. The smallest absolute Gasteiger partial charge is 0.247 e. The van der Waals surface area contributed by atoms with Gasteiger partial charge in [-0.05, 0) is 154 Å². The molecule has 2 heterocycles. The quantitative estimate of drug-likeness (QED) is 0.160. The molecule has 1 unspecified atom stereocenters. The lowest BCUT2D eigenvalue weighted by Crippen LogP contribution is -2.59. The normalized spacial score (nSPS) is 19.7. The zero-order valence-electron chi connectivity index (χ0n) is 43.6. The van der Waals surface area contributed by atoms with Crippen molar-refractivity contribution >= 4 is 40.2 Å². The van der Waals surface area contributed by atoms with Gasteiger partial charge in [0.2, 0.25) is 6.71 Å². The van der Waals surface area contributed by atoms with Crippen molar-refractivity contribution in [3.05, 3.63) is 165 Å². The number of nitrogens with zero attached hydrogens (tertiary/aromatic N) is 1. The molecule has 2 heteroatoms. The molecule has 6 aromatic rings. The molecule has 66 heavy (non-hydrogen) atoms. The second kappa shape index (κ2) is 14.4. The first kappa shape index (κ1) is 45.0. The van der Waals surface area contributed by atoms with Crippen LogP contribution in [0.2, 0.25) is 0 Å². The van der Waals surface area contributed by atoms with E-state index in [-0.39, 0.29) is 50.5 Å². The van der Waals surface area contributed by atoms with Crippen molar-refractivity contribution in [3.8, 4) is 11.1 Å². The van der Waals surface area contributed by atoms with Gasteiger partial charge in [0.25, 0.3) is 0 Å². The van der Waals surface area contributed by atoms with Crippen molar-refractivity contribution in [3.63, 3.8) is 0 Å². The van der Waals surface area contributed by atoms with Crippen LogP contribution in [0.15, 0.2) is 109 Å². The zero-order valence-corrected chi connectivity index (χ0v) is 43.6. The topological polar surface area (TPSA) is 3.24 Å². The van der Waals surface area contributed by atoms with Gasteiger partial charge in [-0.2, -0.15) is 0 Å². The van der Waals surface area contributed by atoms with E-state index in [1.54, 1.807) is 11.1 Å². The van der Waals surface area contributed by atoms with Crippen LogP contribution in [0.3, 0.4) is 0 Å². The Kier molecular flexibility index (Phi) is 9.79. The number of hydrogen-bond acceptors (Lipinski definition) is 1. The lowest BCUT2D eigenvalue weighted by Gasteiger charge is -2.41. The van der Waals surface area contributed by atoms with Gasteiger partial charge in [-0.1, -0.05) is 208 Å². The van der Waals surface area contributed by atoms with Gasteiger partial charge in [0, 0.05) is 22.9 Å². The molecular formula is C64H76BN. The molecule has 2 aliphatic heterocycles. The summed E-state index contributed by atoms with van der Waals surface area (Å²) < 4.78 is 0. The van der Waals surface area contributed by atoms with E-state index >= 15 is 0 Å². The highest BCUT2D eigenvalue weighted by Crippen LogP contribution is 2.54.